The van der Waals surface area contributed by atoms with Gasteiger partial charge in [-0.3, -0.25) is 9.59 Å². The zero-order valence-corrected chi connectivity index (χ0v) is 20.7. The molecule has 2 aromatic carbocycles. The van der Waals surface area contributed by atoms with Crippen LogP contribution in [-0.4, -0.2) is 39.4 Å². The van der Waals surface area contributed by atoms with E-state index in [0.29, 0.717) is 28.8 Å². The van der Waals surface area contributed by atoms with E-state index in [0.717, 1.165) is 22.4 Å². The van der Waals surface area contributed by atoms with Gasteiger partial charge in [0.2, 0.25) is 5.91 Å². The van der Waals surface area contributed by atoms with Crippen molar-refractivity contribution in [1.82, 2.24) is 20.1 Å². The van der Waals surface area contributed by atoms with Crippen LogP contribution in [0, 0.1) is 20.8 Å². The predicted molar refractivity (Wildman–Crippen MR) is 134 cm³/mol. The zero-order valence-electron chi connectivity index (χ0n) is 19.8. The molecule has 0 bridgehead atoms. The van der Waals surface area contributed by atoms with Crippen molar-refractivity contribution in [2.75, 3.05) is 18.2 Å². The molecule has 0 saturated heterocycles. The number of rotatable bonds is 10. The third kappa shape index (κ3) is 6.26. The Balaban J connectivity index is 1.62. The van der Waals surface area contributed by atoms with Crippen molar-refractivity contribution in [2.24, 2.45) is 0 Å². The lowest BCUT2D eigenvalue weighted by Crippen LogP contribution is -2.24. The lowest BCUT2D eigenvalue weighted by molar-refractivity contribution is -0.113. The molecule has 0 fully saturated rings. The number of carbonyl (C=O) groups is 2. The van der Waals surface area contributed by atoms with E-state index in [9.17, 15) is 9.59 Å². The molecule has 1 heterocycles. The average molecular weight is 480 g/mol. The number of hydrogen-bond donors (Lipinski definition) is 2. The van der Waals surface area contributed by atoms with Gasteiger partial charge in [-0.25, -0.2) is 0 Å². The first-order chi connectivity index (χ1) is 16.3. The Morgan fingerprint density at radius 3 is 2.41 bits per heavy atom. The molecular weight excluding hydrogens is 450 g/mol. The van der Waals surface area contributed by atoms with Crippen molar-refractivity contribution in [3.05, 3.63) is 77.1 Å². The first-order valence-corrected chi connectivity index (χ1v) is 11.8. The third-order valence-corrected chi connectivity index (χ3v) is 6.10. The minimum Gasteiger partial charge on any atom is -0.497 e. The Morgan fingerprint density at radius 2 is 1.79 bits per heavy atom. The maximum atomic E-state index is 12.6. The van der Waals surface area contributed by atoms with Crippen molar-refractivity contribution in [1.29, 1.82) is 0 Å². The quantitative estimate of drug-likeness (QED) is 0.336. The van der Waals surface area contributed by atoms with E-state index in [2.05, 4.69) is 27.4 Å². The monoisotopic (exact) mass is 479 g/mol. The van der Waals surface area contributed by atoms with Crippen LogP contribution in [0.1, 0.15) is 32.9 Å². The summed E-state index contributed by atoms with van der Waals surface area (Å²) in [6, 6.07) is 10.9. The fourth-order valence-electron chi connectivity index (χ4n) is 3.56. The summed E-state index contributed by atoms with van der Waals surface area (Å²) < 4.78 is 6.95. The average Bonchev–Trinajstić information content (AvgIpc) is 3.20. The number of thioether (sulfide) groups is 1. The Kier molecular flexibility index (Phi) is 8.48. The van der Waals surface area contributed by atoms with Crippen LogP contribution in [0.3, 0.4) is 0 Å². The summed E-state index contributed by atoms with van der Waals surface area (Å²) in [5.41, 5.74) is 4.57. The lowest BCUT2D eigenvalue weighted by atomic mass is 10.1. The van der Waals surface area contributed by atoms with Gasteiger partial charge in [-0.2, -0.15) is 0 Å². The van der Waals surface area contributed by atoms with Crippen LogP contribution in [0.4, 0.5) is 5.69 Å². The predicted octanol–water partition coefficient (Wildman–Crippen LogP) is 4.06. The maximum absolute atomic E-state index is 12.6. The van der Waals surface area contributed by atoms with Gasteiger partial charge in [-0.15, -0.1) is 16.8 Å². The number of amides is 2. The van der Waals surface area contributed by atoms with Gasteiger partial charge in [-0.05, 0) is 56.2 Å². The Labute approximate surface area is 203 Å². The van der Waals surface area contributed by atoms with Gasteiger partial charge < -0.3 is 19.9 Å². The summed E-state index contributed by atoms with van der Waals surface area (Å²) >= 11 is 1.29. The van der Waals surface area contributed by atoms with E-state index in [4.69, 9.17) is 4.74 Å². The number of benzene rings is 2. The smallest absolute Gasteiger partial charge is 0.251 e. The largest absolute Gasteiger partial charge is 0.497 e. The van der Waals surface area contributed by atoms with Crippen molar-refractivity contribution >= 4 is 29.3 Å². The molecule has 3 rings (SSSR count). The highest BCUT2D eigenvalue weighted by Crippen LogP contribution is 2.23. The molecule has 0 aliphatic carbocycles. The number of ether oxygens (including phenoxy) is 1. The van der Waals surface area contributed by atoms with Gasteiger partial charge in [0.15, 0.2) is 11.0 Å². The number of aryl methyl sites for hydroxylation is 3. The molecule has 0 aliphatic rings. The molecule has 2 amide bonds. The number of nitrogens with one attached hydrogen (secondary N) is 2. The number of methoxy groups -OCH3 is 1. The molecule has 0 aliphatic heterocycles. The summed E-state index contributed by atoms with van der Waals surface area (Å²) in [6.07, 6.45) is 1.72. The molecule has 178 valence electrons. The van der Waals surface area contributed by atoms with Crippen LogP contribution < -0.4 is 15.4 Å². The Hall–Kier alpha value is -3.59. The fraction of sp³-hybridized carbons (Fsp3) is 0.280. The van der Waals surface area contributed by atoms with Gasteiger partial charge in [0.05, 0.1) is 19.4 Å². The molecule has 9 heteroatoms. The number of nitrogens with zero attached hydrogens (tertiary/aromatic N) is 3. The second-order valence-corrected chi connectivity index (χ2v) is 8.76. The van der Waals surface area contributed by atoms with Gasteiger partial charge >= 0.3 is 0 Å². The molecule has 3 aromatic rings. The Morgan fingerprint density at radius 1 is 1.12 bits per heavy atom. The van der Waals surface area contributed by atoms with E-state index < -0.39 is 0 Å². The Bertz CT molecular complexity index is 1160. The molecule has 1 aromatic heterocycles. The molecule has 0 saturated carbocycles. The van der Waals surface area contributed by atoms with Gasteiger partial charge in [0.25, 0.3) is 5.91 Å². The summed E-state index contributed by atoms with van der Waals surface area (Å²) in [4.78, 5) is 25.1. The van der Waals surface area contributed by atoms with Crippen LogP contribution in [0.25, 0.3) is 0 Å². The number of anilines is 1. The first kappa shape index (κ1) is 25.0. The second-order valence-electron chi connectivity index (χ2n) is 7.82. The number of allylic oxidation sites excluding steroid dienone is 1. The van der Waals surface area contributed by atoms with Crippen LogP contribution in [0.15, 0.2) is 54.2 Å². The van der Waals surface area contributed by atoms with Crippen molar-refractivity contribution < 1.29 is 14.3 Å². The molecule has 0 radical (unpaired) electrons. The van der Waals surface area contributed by atoms with Crippen molar-refractivity contribution in [3.63, 3.8) is 0 Å². The lowest BCUT2D eigenvalue weighted by Gasteiger charge is -2.13. The number of aromatic nitrogens is 3. The highest BCUT2D eigenvalue weighted by Gasteiger charge is 2.16. The van der Waals surface area contributed by atoms with Gasteiger partial charge in [-0.1, -0.05) is 35.5 Å². The standard InChI is InChI=1S/C25H29N5O3S/c1-6-11-30-21(14-26-24(32)19-7-9-20(33-5)10-8-19)28-29-25(30)34-15-22(31)27-23-17(3)12-16(2)13-18(23)4/h6-10,12-13H,1,11,14-15H2,2-5H3,(H,26,32)(H,27,31). The second kappa shape index (κ2) is 11.5. The summed E-state index contributed by atoms with van der Waals surface area (Å²) in [5, 5.41) is 14.9. The SMILES string of the molecule is C=CCn1c(CNC(=O)c2ccc(OC)cc2)nnc1SCC(=O)Nc1c(C)cc(C)cc1C. The van der Waals surface area contributed by atoms with Gasteiger partial charge in [0.1, 0.15) is 5.75 Å². The maximum Gasteiger partial charge on any atom is 0.251 e. The van der Waals surface area contributed by atoms with E-state index in [1.807, 2.05) is 37.5 Å². The van der Waals surface area contributed by atoms with Crippen molar-refractivity contribution in [3.8, 4) is 5.75 Å². The number of carbonyl (C=O) groups excluding carboxylic acids is 2. The minimum absolute atomic E-state index is 0.123. The molecular formula is C25H29N5O3S. The van der Waals surface area contributed by atoms with Crippen LogP contribution in [-0.2, 0) is 17.9 Å². The highest BCUT2D eigenvalue weighted by molar-refractivity contribution is 7.99. The van der Waals surface area contributed by atoms with Crippen LogP contribution in [0.5, 0.6) is 5.75 Å². The third-order valence-electron chi connectivity index (χ3n) is 5.14. The summed E-state index contributed by atoms with van der Waals surface area (Å²) in [7, 11) is 1.57. The topological polar surface area (TPSA) is 98.1 Å². The van der Waals surface area contributed by atoms with Crippen molar-refractivity contribution in [2.45, 2.75) is 39.0 Å². The molecule has 2 N–H and O–H groups in total. The zero-order chi connectivity index (χ0) is 24.7. The summed E-state index contributed by atoms with van der Waals surface area (Å²) in [6.45, 7) is 10.4. The molecule has 34 heavy (non-hydrogen) atoms. The van der Waals surface area contributed by atoms with E-state index in [-0.39, 0.29) is 24.1 Å². The first-order valence-electron chi connectivity index (χ1n) is 10.8. The van der Waals surface area contributed by atoms with Gasteiger partial charge in [0, 0.05) is 17.8 Å². The highest BCUT2D eigenvalue weighted by atomic mass is 32.2. The van der Waals surface area contributed by atoms with Crippen LogP contribution >= 0.6 is 11.8 Å². The molecule has 0 atom stereocenters. The van der Waals surface area contributed by atoms with Crippen LogP contribution in [0.2, 0.25) is 0 Å². The van der Waals surface area contributed by atoms with E-state index in [1.165, 1.54) is 11.8 Å². The molecule has 0 spiro atoms. The summed E-state index contributed by atoms with van der Waals surface area (Å²) in [5.74, 6) is 1.09. The van der Waals surface area contributed by atoms with E-state index >= 15 is 0 Å². The van der Waals surface area contributed by atoms with E-state index in [1.54, 1.807) is 37.5 Å². The molecule has 0 unspecified atom stereocenters. The fourth-order valence-corrected chi connectivity index (χ4v) is 4.32. The normalized spacial score (nSPS) is 10.6. The minimum atomic E-state index is -0.228. The molecule has 8 nitrogen and oxygen atoms in total. The number of hydrogen-bond acceptors (Lipinski definition) is 6.